The zero-order valence-corrected chi connectivity index (χ0v) is 12.8. The lowest BCUT2D eigenvalue weighted by molar-refractivity contribution is -0.122. The molecule has 1 aromatic carbocycles. The van der Waals surface area contributed by atoms with Crippen LogP contribution in [0.25, 0.3) is 6.08 Å². The van der Waals surface area contributed by atoms with Crippen LogP contribution in [0.1, 0.15) is 5.56 Å². The van der Waals surface area contributed by atoms with Crippen LogP contribution >= 0.6 is 34.4 Å². The molecule has 1 aliphatic heterocycles. The van der Waals surface area contributed by atoms with Gasteiger partial charge in [0.2, 0.25) is 0 Å². The highest BCUT2D eigenvalue weighted by molar-refractivity contribution is 14.1. The lowest BCUT2D eigenvalue weighted by Crippen LogP contribution is -2.27. The van der Waals surface area contributed by atoms with E-state index < -0.39 is 0 Å². The van der Waals surface area contributed by atoms with Crippen molar-refractivity contribution in [1.29, 1.82) is 0 Å². The zero-order chi connectivity index (χ0) is 14.0. The van der Waals surface area contributed by atoms with E-state index in [1.807, 2.05) is 22.6 Å². The molecule has 1 fully saturated rings. The van der Waals surface area contributed by atoms with Crippen molar-refractivity contribution in [3.8, 4) is 5.75 Å². The van der Waals surface area contributed by atoms with Crippen molar-refractivity contribution in [3.05, 3.63) is 44.9 Å². The highest BCUT2D eigenvalue weighted by atomic mass is 127. The Bertz CT molecular complexity index is 598. The highest BCUT2D eigenvalue weighted by Gasteiger charge is 2.33. The second-order valence-corrected chi connectivity index (χ2v) is 5.95. The summed E-state index contributed by atoms with van der Waals surface area (Å²) in [5.74, 6) is -0.115. The van der Waals surface area contributed by atoms with E-state index >= 15 is 0 Å². The van der Waals surface area contributed by atoms with Crippen molar-refractivity contribution >= 4 is 51.6 Å². The summed E-state index contributed by atoms with van der Waals surface area (Å²) in [4.78, 5) is 25.1. The minimum Gasteiger partial charge on any atom is -0.507 e. The number of hydrogen-bond acceptors (Lipinski definition) is 4. The van der Waals surface area contributed by atoms with Gasteiger partial charge in [0.15, 0.2) is 0 Å². The van der Waals surface area contributed by atoms with Crippen molar-refractivity contribution in [2.45, 2.75) is 0 Å². The highest BCUT2D eigenvalue weighted by Crippen LogP contribution is 2.32. The number of phenolic OH excluding ortho intramolecular Hbond substituents is 1. The molecule has 4 nitrogen and oxygen atoms in total. The summed E-state index contributed by atoms with van der Waals surface area (Å²) in [5, 5.41) is 9.15. The van der Waals surface area contributed by atoms with E-state index in [0.29, 0.717) is 8.48 Å². The monoisotopic (exact) mass is 387 g/mol. The third kappa shape index (κ3) is 3.01. The summed E-state index contributed by atoms with van der Waals surface area (Å²) in [6, 6.07) is 5.00. The maximum absolute atomic E-state index is 12.0. The number of carbonyl (C=O) groups is 2. The van der Waals surface area contributed by atoms with E-state index in [4.69, 9.17) is 0 Å². The number of benzene rings is 1. The Morgan fingerprint density at radius 2 is 2.16 bits per heavy atom. The quantitative estimate of drug-likeness (QED) is 0.492. The minimum absolute atomic E-state index is 0.192. The number of imide groups is 1. The molecule has 0 bridgehead atoms. The van der Waals surface area contributed by atoms with Crippen LogP contribution in [0, 0.1) is 3.57 Å². The summed E-state index contributed by atoms with van der Waals surface area (Å²) < 4.78 is 0.691. The first-order valence-corrected chi connectivity index (χ1v) is 7.27. The lowest BCUT2D eigenvalue weighted by atomic mass is 10.2. The molecule has 1 saturated heterocycles. The molecule has 0 unspecified atom stereocenters. The second-order valence-electron chi connectivity index (χ2n) is 3.79. The van der Waals surface area contributed by atoms with Gasteiger partial charge in [-0.15, -0.1) is 6.58 Å². The number of carbonyl (C=O) groups excluding carboxylic acids is 2. The van der Waals surface area contributed by atoms with Crippen molar-refractivity contribution < 1.29 is 14.7 Å². The summed E-state index contributed by atoms with van der Waals surface area (Å²) >= 11 is 2.91. The van der Waals surface area contributed by atoms with Crippen molar-refractivity contribution in [2.75, 3.05) is 6.54 Å². The standard InChI is InChI=1S/C13H10INO3S/c1-2-5-15-12(17)11(19-13(15)18)7-8-3-4-10(16)9(14)6-8/h2-4,6-7,16H,1,5H2/b11-7-. The molecule has 1 aliphatic rings. The zero-order valence-electron chi connectivity index (χ0n) is 9.80. The molecule has 1 N–H and O–H groups in total. The molecule has 0 aliphatic carbocycles. The Kier molecular flexibility index (Phi) is 4.31. The number of amides is 2. The molecule has 1 heterocycles. The van der Waals surface area contributed by atoms with Crippen LogP contribution < -0.4 is 0 Å². The fourth-order valence-corrected chi connectivity index (χ4v) is 2.94. The van der Waals surface area contributed by atoms with Crippen LogP contribution in [0.2, 0.25) is 0 Å². The maximum atomic E-state index is 12.0. The molecule has 0 spiro atoms. The summed E-state index contributed by atoms with van der Waals surface area (Å²) in [5.41, 5.74) is 0.770. The van der Waals surface area contributed by atoms with Crippen molar-refractivity contribution in [3.63, 3.8) is 0 Å². The molecular weight excluding hydrogens is 377 g/mol. The van der Waals surface area contributed by atoms with Gasteiger partial charge in [0, 0.05) is 6.54 Å². The fraction of sp³-hybridized carbons (Fsp3) is 0.0769. The minimum atomic E-state index is -0.307. The SMILES string of the molecule is C=CCN1C(=O)S/C(=C\c2ccc(O)c(I)c2)C1=O. The topological polar surface area (TPSA) is 57.6 Å². The maximum Gasteiger partial charge on any atom is 0.293 e. The van der Waals surface area contributed by atoms with Crippen molar-refractivity contribution in [1.82, 2.24) is 4.90 Å². The van der Waals surface area contributed by atoms with Gasteiger partial charge in [-0.2, -0.15) is 0 Å². The molecule has 0 aromatic heterocycles. The van der Waals surface area contributed by atoms with E-state index in [9.17, 15) is 14.7 Å². The lowest BCUT2D eigenvalue weighted by Gasteiger charge is -2.07. The number of hydrogen-bond donors (Lipinski definition) is 1. The first kappa shape index (κ1) is 14.1. The number of halogens is 1. The Morgan fingerprint density at radius 3 is 2.79 bits per heavy atom. The van der Waals surface area contributed by atoms with Crippen LogP contribution in [0.3, 0.4) is 0 Å². The molecule has 1 aromatic rings. The van der Waals surface area contributed by atoms with Gasteiger partial charge in [0.25, 0.3) is 11.1 Å². The number of nitrogens with zero attached hydrogens (tertiary/aromatic N) is 1. The van der Waals surface area contributed by atoms with E-state index in [1.165, 1.54) is 6.08 Å². The summed E-state index contributed by atoms with van der Waals surface area (Å²) in [7, 11) is 0. The Morgan fingerprint density at radius 1 is 1.42 bits per heavy atom. The van der Waals surface area contributed by atoms with Gasteiger partial charge in [0.1, 0.15) is 5.75 Å². The molecular formula is C13H10INO3S. The molecule has 98 valence electrons. The Labute approximate surface area is 128 Å². The number of rotatable bonds is 3. The molecule has 6 heteroatoms. The third-order valence-corrected chi connectivity index (χ3v) is 4.23. The number of phenols is 1. The second kappa shape index (κ2) is 5.79. The van der Waals surface area contributed by atoms with Gasteiger partial charge in [0.05, 0.1) is 8.48 Å². The average molecular weight is 387 g/mol. The molecule has 2 amide bonds. The van der Waals surface area contributed by atoms with Gasteiger partial charge in [-0.1, -0.05) is 12.1 Å². The van der Waals surface area contributed by atoms with Gasteiger partial charge in [-0.3, -0.25) is 14.5 Å². The first-order chi connectivity index (χ1) is 9.02. The normalized spacial score (nSPS) is 17.3. The predicted molar refractivity (Wildman–Crippen MR) is 83.7 cm³/mol. The first-order valence-electron chi connectivity index (χ1n) is 5.37. The van der Waals surface area contributed by atoms with Gasteiger partial charge in [-0.25, -0.2) is 0 Å². The molecule has 0 saturated carbocycles. The summed E-state index contributed by atoms with van der Waals surface area (Å²) in [6.07, 6.45) is 3.17. The summed E-state index contributed by atoms with van der Waals surface area (Å²) in [6.45, 7) is 3.74. The van der Waals surface area contributed by atoms with Gasteiger partial charge in [-0.05, 0) is 58.1 Å². The molecule has 19 heavy (non-hydrogen) atoms. The molecule has 2 rings (SSSR count). The molecule has 0 radical (unpaired) electrons. The van der Waals surface area contributed by atoms with E-state index in [1.54, 1.807) is 24.3 Å². The van der Waals surface area contributed by atoms with Gasteiger partial charge >= 0.3 is 0 Å². The van der Waals surface area contributed by atoms with Crippen LogP contribution in [-0.4, -0.2) is 27.7 Å². The van der Waals surface area contributed by atoms with Crippen molar-refractivity contribution in [2.24, 2.45) is 0 Å². The van der Waals surface area contributed by atoms with E-state index in [-0.39, 0.29) is 23.4 Å². The Balaban J connectivity index is 2.29. The van der Waals surface area contributed by atoms with Crippen LogP contribution in [0.15, 0.2) is 35.8 Å². The van der Waals surface area contributed by atoms with E-state index in [2.05, 4.69) is 6.58 Å². The van der Waals surface area contributed by atoms with Crippen LogP contribution in [-0.2, 0) is 4.79 Å². The van der Waals surface area contributed by atoms with E-state index in [0.717, 1.165) is 22.2 Å². The number of thioether (sulfide) groups is 1. The predicted octanol–water partition coefficient (Wildman–Crippen LogP) is 3.22. The smallest absolute Gasteiger partial charge is 0.293 e. The fourth-order valence-electron chi connectivity index (χ4n) is 1.55. The third-order valence-electron chi connectivity index (χ3n) is 2.45. The Hall–Kier alpha value is -1.28. The van der Waals surface area contributed by atoms with Crippen LogP contribution in [0.5, 0.6) is 5.75 Å². The van der Waals surface area contributed by atoms with Gasteiger partial charge < -0.3 is 5.11 Å². The average Bonchev–Trinajstić information content (AvgIpc) is 2.62. The van der Waals surface area contributed by atoms with Crippen LogP contribution in [0.4, 0.5) is 4.79 Å². The number of aromatic hydroxyl groups is 1. The largest absolute Gasteiger partial charge is 0.507 e. The molecule has 0 atom stereocenters.